The molecule has 0 aliphatic rings. The molecule has 15 heavy (non-hydrogen) atoms. The van der Waals surface area contributed by atoms with Crippen LogP contribution in [-0.2, 0) is 14.3 Å². The second-order valence-corrected chi connectivity index (χ2v) is 3.79. The lowest BCUT2D eigenvalue weighted by Crippen LogP contribution is -2.27. The second-order valence-electron chi connectivity index (χ2n) is 3.79. The minimum absolute atomic E-state index is 0.188. The van der Waals surface area contributed by atoms with Crippen molar-refractivity contribution in [3.8, 4) is 0 Å². The molecule has 0 unspecified atom stereocenters. The van der Waals surface area contributed by atoms with E-state index in [1.165, 1.54) is 11.0 Å². The van der Waals surface area contributed by atoms with Crippen molar-refractivity contribution in [1.82, 2.24) is 4.90 Å². The number of amides is 1. The molecular weight excluding hydrogens is 194 g/mol. The molecule has 0 bridgehead atoms. The third-order valence-corrected chi connectivity index (χ3v) is 1.78. The van der Waals surface area contributed by atoms with Gasteiger partial charge in [0.25, 0.3) is 0 Å². The topological polar surface area (TPSA) is 46.6 Å². The van der Waals surface area contributed by atoms with Crippen molar-refractivity contribution in [3.63, 3.8) is 0 Å². The quantitative estimate of drug-likeness (QED) is 0.492. The first-order chi connectivity index (χ1) is 6.97. The fourth-order valence-corrected chi connectivity index (χ4v) is 0.857. The number of likely N-dealkylation sites (N-methyl/N-ethyl adjacent to an activating group) is 1. The lowest BCUT2D eigenvalue weighted by Gasteiger charge is -2.14. The fourth-order valence-electron chi connectivity index (χ4n) is 0.857. The van der Waals surface area contributed by atoms with Crippen LogP contribution in [0.5, 0.6) is 0 Å². The van der Waals surface area contributed by atoms with E-state index in [1.807, 2.05) is 13.8 Å². The summed E-state index contributed by atoms with van der Waals surface area (Å²) in [7, 11) is 1.62. The largest absolute Gasteiger partial charge is 0.465 e. The predicted octanol–water partition coefficient (Wildman–Crippen LogP) is 1.22. The Morgan fingerprint density at radius 1 is 1.47 bits per heavy atom. The average molecular weight is 213 g/mol. The van der Waals surface area contributed by atoms with Gasteiger partial charge in [0.2, 0.25) is 5.91 Å². The summed E-state index contributed by atoms with van der Waals surface area (Å²) in [5, 5.41) is 0. The Hall–Kier alpha value is -1.32. The lowest BCUT2D eigenvalue weighted by molar-refractivity contribution is -0.145. The van der Waals surface area contributed by atoms with Gasteiger partial charge in [-0.3, -0.25) is 9.59 Å². The second kappa shape index (κ2) is 7.04. The van der Waals surface area contributed by atoms with Crippen molar-refractivity contribution in [2.75, 3.05) is 20.2 Å². The van der Waals surface area contributed by atoms with E-state index in [9.17, 15) is 9.59 Å². The molecule has 0 aromatic heterocycles. The van der Waals surface area contributed by atoms with Gasteiger partial charge in [-0.1, -0.05) is 20.4 Å². The Morgan fingerprint density at radius 3 is 2.53 bits per heavy atom. The minimum Gasteiger partial charge on any atom is -0.465 e. The Morgan fingerprint density at radius 2 is 2.07 bits per heavy atom. The summed E-state index contributed by atoms with van der Waals surface area (Å²) in [6.45, 7) is 8.10. The minimum atomic E-state index is -0.271. The van der Waals surface area contributed by atoms with Crippen LogP contribution in [0, 0.1) is 5.92 Å². The van der Waals surface area contributed by atoms with Crippen molar-refractivity contribution < 1.29 is 14.3 Å². The summed E-state index contributed by atoms with van der Waals surface area (Å²) in [6, 6.07) is 0. The van der Waals surface area contributed by atoms with Crippen molar-refractivity contribution in [2.45, 2.75) is 20.3 Å². The molecule has 0 rings (SSSR count). The molecular formula is C11H19NO3. The van der Waals surface area contributed by atoms with Gasteiger partial charge in [-0.05, 0) is 12.0 Å². The normalized spacial score (nSPS) is 9.87. The highest BCUT2D eigenvalue weighted by Gasteiger charge is 2.08. The monoisotopic (exact) mass is 213 g/mol. The van der Waals surface area contributed by atoms with Crippen LogP contribution in [0.3, 0.4) is 0 Å². The fraction of sp³-hybridized carbons (Fsp3) is 0.636. The molecule has 0 saturated heterocycles. The van der Waals surface area contributed by atoms with Crippen LogP contribution in [0.1, 0.15) is 20.3 Å². The number of hydrogen-bond donors (Lipinski definition) is 0. The lowest BCUT2D eigenvalue weighted by atomic mass is 10.2. The molecule has 0 aliphatic carbocycles. The average Bonchev–Trinajstić information content (AvgIpc) is 2.21. The molecule has 0 radical (unpaired) electrons. The summed E-state index contributed by atoms with van der Waals surface area (Å²) in [6.07, 6.45) is 1.45. The summed E-state index contributed by atoms with van der Waals surface area (Å²) < 4.78 is 4.96. The molecule has 0 aromatic rings. The van der Waals surface area contributed by atoms with E-state index in [4.69, 9.17) is 4.74 Å². The molecule has 86 valence electrons. The molecule has 0 heterocycles. The zero-order valence-corrected chi connectivity index (χ0v) is 9.66. The van der Waals surface area contributed by atoms with E-state index < -0.39 is 0 Å². The standard InChI is InChI=1S/C11H19NO3/c1-5-10(13)12(4)7-6-11(14)15-8-9(2)3/h5,9H,1,6-8H2,2-4H3. The zero-order valence-electron chi connectivity index (χ0n) is 9.66. The third kappa shape index (κ3) is 6.71. The number of nitrogens with zero attached hydrogens (tertiary/aromatic N) is 1. The molecule has 0 fully saturated rings. The first kappa shape index (κ1) is 13.7. The van der Waals surface area contributed by atoms with E-state index in [1.54, 1.807) is 7.05 Å². The van der Waals surface area contributed by atoms with E-state index >= 15 is 0 Å². The van der Waals surface area contributed by atoms with Crippen LogP contribution < -0.4 is 0 Å². The van der Waals surface area contributed by atoms with Crippen molar-refractivity contribution in [2.24, 2.45) is 5.92 Å². The van der Waals surface area contributed by atoms with Crippen LogP contribution in [0.15, 0.2) is 12.7 Å². The number of rotatable bonds is 6. The van der Waals surface area contributed by atoms with Crippen LogP contribution in [0.25, 0.3) is 0 Å². The maximum atomic E-state index is 11.2. The number of esters is 1. The summed E-state index contributed by atoms with van der Waals surface area (Å²) in [4.78, 5) is 23.7. The molecule has 0 N–H and O–H groups in total. The van der Waals surface area contributed by atoms with Crippen molar-refractivity contribution in [1.29, 1.82) is 0 Å². The van der Waals surface area contributed by atoms with Crippen molar-refractivity contribution >= 4 is 11.9 Å². The SMILES string of the molecule is C=CC(=O)N(C)CCC(=O)OCC(C)C. The Bertz CT molecular complexity index is 236. The highest BCUT2D eigenvalue weighted by molar-refractivity contribution is 5.87. The van der Waals surface area contributed by atoms with Gasteiger partial charge < -0.3 is 9.64 Å². The van der Waals surface area contributed by atoms with Gasteiger partial charge >= 0.3 is 5.97 Å². The molecule has 4 heteroatoms. The van der Waals surface area contributed by atoms with Gasteiger partial charge in [0.1, 0.15) is 0 Å². The van der Waals surface area contributed by atoms with Crippen LogP contribution in [0.4, 0.5) is 0 Å². The number of hydrogen-bond acceptors (Lipinski definition) is 3. The summed E-state index contributed by atoms with van der Waals surface area (Å²) >= 11 is 0. The number of carbonyl (C=O) groups is 2. The molecule has 0 spiro atoms. The zero-order chi connectivity index (χ0) is 11.8. The summed E-state index contributed by atoms with van der Waals surface area (Å²) in [5.41, 5.74) is 0. The van der Waals surface area contributed by atoms with E-state index in [2.05, 4.69) is 6.58 Å². The number of carbonyl (C=O) groups excluding carboxylic acids is 2. The van der Waals surface area contributed by atoms with Gasteiger partial charge in [-0.25, -0.2) is 0 Å². The van der Waals surface area contributed by atoms with Gasteiger partial charge in [-0.15, -0.1) is 0 Å². The van der Waals surface area contributed by atoms with E-state index in [-0.39, 0.29) is 18.3 Å². The molecule has 0 saturated carbocycles. The smallest absolute Gasteiger partial charge is 0.307 e. The highest BCUT2D eigenvalue weighted by Crippen LogP contribution is 1.97. The van der Waals surface area contributed by atoms with Crippen LogP contribution in [-0.4, -0.2) is 37.0 Å². The maximum Gasteiger partial charge on any atom is 0.307 e. The third-order valence-electron chi connectivity index (χ3n) is 1.78. The van der Waals surface area contributed by atoms with Gasteiger partial charge in [0.15, 0.2) is 0 Å². The first-order valence-electron chi connectivity index (χ1n) is 5.00. The number of ether oxygens (including phenoxy) is 1. The maximum absolute atomic E-state index is 11.2. The van der Waals surface area contributed by atoms with Crippen LogP contribution in [0.2, 0.25) is 0 Å². The molecule has 0 aromatic carbocycles. The molecule has 4 nitrogen and oxygen atoms in total. The molecule has 0 atom stereocenters. The Labute approximate surface area is 90.9 Å². The molecule has 1 amide bonds. The Balaban J connectivity index is 3.71. The van der Waals surface area contributed by atoms with Crippen molar-refractivity contribution in [3.05, 3.63) is 12.7 Å². The van der Waals surface area contributed by atoms with E-state index in [0.29, 0.717) is 19.1 Å². The van der Waals surface area contributed by atoms with Crippen LogP contribution >= 0.6 is 0 Å². The van der Waals surface area contributed by atoms with Gasteiger partial charge in [0, 0.05) is 13.6 Å². The highest BCUT2D eigenvalue weighted by atomic mass is 16.5. The van der Waals surface area contributed by atoms with E-state index in [0.717, 1.165) is 0 Å². The Kier molecular flexibility index (Phi) is 6.42. The summed E-state index contributed by atoms with van der Waals surface area (Å²) in [5.74, 6) is -0.124. The predicted molar refractivity (Wildman–Crippen MR) is 58.2 cm³/mol. The van der Waals surface area contributed by atoms with Gasteiger partial charge in [-0.2, -0.15) is 0 Å². The molecule has 0 aliphatic heterocycles. The van der Waals surface area contributed by atoms with Gasteiger partial charge in [0.05, 0.1) is 13.0 Å². The first-order valence-corrected chi connectivity index (χ1v) is 5.00.